The molecule has 0 saturated heterocycles. The maximum atomic E-state index is 11.2. The monoisotopic (exact) mass is 363 g/mol. The van der Waals surface area contributed by atoms with Gasteiger partial charge in [0.25, 0.3) is 0 Å². The molecule has 0 aromatic heterocycles. The summed E-state index contributed by atoms with van der Waals surface area (Å²) >= 11 is 0. The zero-order chi connectivity index (χ0) is 18.2. The second-order valence-electron chi connectivity index (χ2n) is 6.23. The van der Waals surface area contributed by atoms with E-state index in [9.17, 15) is 4.79 Å². The van der Waals surface area contributed by atoms with Crippen LogP contribution in [-0.2, 0) is 9.53 Å². The predicted octanol–water partition coefficient (Wildman–Crippen LogP) is 3.93. The highest BCUT2D eigenvalue weighted by atomic mass is 31.2. The van der Waals surface area contributed by atoms with Crippen LogP contribution in [0.3, 0.4) is 0 Å². The lowest BCUT2D eigenvalue weighted by molar-refractivity contribution is -0.140. The van der Waals surface area contributed by atoms with E-state index in [-0.39, 0.29) is 5.97 Å². The van der Waals surface area contributed by atoms with Crippen molar-refractivity contribution in [2.24, 2.45) is 0 Å². The summed E-state index contributed by atoms with van der Waals surface area (Å²) in [5, 5.41) is 4.08. The van der Waals surface area contributed by atoms with Crippen molar-refractivity contribution in [1.29, 1.82) is 0 Å². The van der Waals surface area contributed by atoms with E-state index in [4.69, 9.17) is 4.74 Å². The van der Waals surface area contributed by atoms with Gasteiger partial charge in [0.2, 0.25) is 0 Å². The van der Waals surface area contributed by atoms with Gasteiger partial charge in [-0.3, -0.25) is 4.79 Å². The standard InChI is InChI=1S/C23H24O2P/c1-20(24)25-18-11-19-26(21-12-5-2-6-13-21,22-14-7-3-8-15-22)23-16-9-4-10-17-23/h2-10,12-17H,11,18-19H2,1H3/q+1. The zero-order valence-corrected chi connectivity index (χ0v) is 15.9. The fourth-order valence-corrected chi connectivity index (χ4v) is 7.72. The molecule has 0 spiro atoms. The van der Waals surface area contributed by atoms with Gasteiger partial charge >= 0.3 is 5.97 Å². The predicted molar refractivity (Wildman–Crippen MR) is 111 cm³/mol. The van der Waals surface area contributed by atoms with E-state index in [0.717, 1.165) is 12.6 Å². The Morgan fingerprint density at radius 1 is 0.731 bits per heavy atom. The lowest BCUT2D eigenvalue weighted by Crippen LogP contribution is -2.33. The molecule has 3 aromatic carbocycles. The molecule has 26 heavy (non-hydrogen) atoms. The van der Waals surface area contributed by atoms with E-state index in [2.05, 4.69) is 91.0 Å². The number of esters is 1. The molecule has 0 aliphatic rings. The Morgan fingerprint density at radius 2 is 1.12 bits per heavy atom. The van der Waals surface area contributed by atoms with Gasteiger partial charge in [-0.15, -0.1) is 0 Å². The molecule has 0 aliphatic heterocycles. The van der Waals surface area contributed by atoms with Crippen LogP contribution < -0.4 is 15.9 Å². The van der Waals surface area contributed by atoms with Crippen molar-refractivity contribution in [3.8, 4) is 0 Å². The lowest BCUT2D eigenvalue weighted by atomic mass is 10.4. The third kappa shape index (κ3) is 4.03. The van der Waals surface area contributed by atoms with Crippen molar-refractivity contribution < 1.29 is 9.53 Å². The lowest BCUT2D eigenvalue weighted by Gasteiger charge is -2.27. The number of rotatable bonds is 7. The number of carbonyl (C=O) groups excluding carboxylic acids is 1. The molecule has 0 aliphatic carbocycles. The smallest absolute Gasteiger partial charge is 0.302 e. The van der Waals surface area contributed by atoms with Gasteiger partial charge in [0.1, 0.15) is 23.2 Å². The molecular weight excluding hydrogens is 339 g/mol. The van der Waals surface area contributed by atoms with Gasteiger partial charge in [0.05, 0.1) is 12.8 Å². The van der Waals surface area contributed by atoms with Gasteiger partial charge < -0.3 is 4.74 Å². The minimum Gasteiger partial charge on any atom is -0.466 e. The van der Waals surface area contributed by atoms with E-state index < -0.39 is 7.26 Å². The molecule has 0 heterocycles. The molecule has 0 saturated carbocycles. The average molecular weight is 363 g/mol. The van der Waals surface area contributed by atoms with Gasteiger partial charge in [-0.05, 0) is 36.4 Å². The molecular formula is C23H24O2P+. The van der Waals surface area contributed by atoms with E-state index in [0.29, 0.717) is 6.61 Å². The molecule has 132 valence electrons. The average Bonchev–Trinajstić information content (AvgIpc) is 2.70. The van der Waals surface area contributed by atoms with Crippen molar-refractivity contribution in [3.63, 3.8) is 0 Å². The van der Waals surface area contributed by atoms with Crippen molar-refractivity contribution in [3.05, 3.63) is 91.0 Å². The molecule has 0 amide bonds. The molecule has 0 bridgehead atoms. The van der Waals surface area contributed by atoms with Crippen LogP contribution >= 0.6 is 7.26 Å². The van der Waals surface area contributed by atoms with Crippen LogP contribution in [0.4, 0.5) is 0 Å². The summed E-state index contributed by atoms with van der Waals surface area (Å²) in [6, 6.07) is 32.3. The Labute approximate surface area is 156 Å². The second-order valence-corrected chi connectivity index (χ2v) is 9.85. The van der Waals surface area contributed by atoms with Crippen LogP contribution in [0.15, 0.2) is 91.0 Å². The maximum absolute atomic E-state index is 11.2. The third-order valence-electron chi connectivity index (χ3n) is 4.53. The first-order chi connectivity index (χ1) is 12.7. The Balaban J connectivity index is 2.10. The van der Waals surface area contributed by atoms with Gasteiger partial charge in [-0.1, -0.05) is 54.6 Å². The second kappa shape index (κ2) is 8.78. The molecule has 3 rings (SSSR count). The molecule has 3 aromatic rings. The highest BCUT2D eigenvalue weighted by Gasteiger charge is 2.44. The van der Waals surface area contributed by atoms with Gasteiger partial charge in [-0.2, -0.15) is 0 Å². The van der Waals surface area contributed by atoms with Crippen molar-refractivity contribution in [2.75, 3.05) is 12.8 Å². The van der Waals surface area contributed by atoms with E-state index in [1.54, 1.807) is 0 Å². The number of ether oxygens (including phenoxy) is 1. The molecule has 0 radical (unpaired) electrons. The number of hydrogen-bond acceptors (Lipinski definition) is 2. The van der Waals surface area contributed by atoms with Crippen molar-refractivity contribution in [1.82, 2.24) is 0 Å². The highest BCUT2D eigenvalue weighted by molar-refractivity contribution is 7.95. The van der Waals surface area contributed by atoms with Crippen molar-refractivity contribution >= 4 is 29.1 Å². The SMILES string of the molecule is CC(=O)OCCC[P+](c1ccccc1)(c1ccccc1)c1ccccc1. The first kappa shape index (κ1) is 18.4. The van der Waals surface area contributed by atoms with Crippen molar-refractivity contribution in [2.45, 2.75) is 13.3 Å². The number of hydrogen-bond donors (Lipinski definition) is 0. The van der Waals surface area contributed by atoms with Crippen LogP contribution in [0.5, 0.6) is 0 Å². The topological polar surface area (TPSA) is 26.3 Å². The molecule has 0 N–H and O–H groups in total. The third-order valence-corrected chi connectivity index (χ3v) is 9.06. The van der Waals surface area contributed by atoms with Gasteiger partial charge in [0, 0.05) is 13.3 Å². The number of carbonyl (C=O) groups is 1. The minimum absolute atomic E-state index is 0.215. The summed E-state index contributed by atoms with van der Waals surface area (Å²) in [5.74, 6) is -0.215. The first-order valence-corrected chi connectivity index (χ1v) is 10.9. The summed E-state index contributed by atoms with van der Waals surface area (Å²) in [4.78, 5) is 11.2. The zero-order valence-electron chi connectivity index (χ0n) is 15.0. The van der Waals surface area contributed by atoms with Gasteiger partial charge in [-0.25, -0.2) is 0 Å². The summed E-state index contributed by atoms with van der Waals surface area (Å²) < 4.78 is 5.22. The Bertz CT molecular complexity index is 720. The Hall–Kier alpha value is -2.44. The van der Waals surface area contributed by atoms with E-state index in [1.165, 1.54) is 22.8 Å². The molecule has 0 unspecified atom stereocenters. The quantitative estimate of drug-likeness (QED) is 0.361. The Kier molecular flexibility index (Phi) is 6.20. The molecule has 2 nitrogen and oxygen atoms in total. The molecule has 3 heteroatoms. The highest BCUT2D eigenvalue weighted by Crippen LogP contribution is 2.55. The normalized spacial score (nSPS) is 11.1. The summed E-state index contributed by atoms with van der Waals surface area (Å²) in [6.45, 7) is 1.93. The van der Waals surface area contributed by atoms with Crippen LogP contribution in [0, 0.1) is 0 Å². The summed E-state index contributed by atoms with van der Waals surface area (Å²) in [7, 11) is -1.80. The maximum Gasteiger partial charge on any atom is 0.302 e. The van der Waals surface area contributed by atoms with Gasteiger partial charge in [0.15, 0.2) is 0 Å². The summed E-state index contributed by atoms with van der Waals surface area (Å²) in [6.07, 6.45) is 1.81. The largest absolute Gasteiger partial charge is 0.466 e. The molecule has 0 atom stereocenters. The minimum atomic E-state index is -1.80. The van der Waals surface area contributed by atoms with Crippen LogP contribution in [0.2, 0.25) is 0 Å². The fourth-order valence-electron chi connectivity index (χ4n) is 3.40. The molecule has 0 fully saturated rings. The number of benzene rings is 3. The Morgan fingerprint density at radius 3 is 1.46 bits per heavy atom. The first-order valence-electron chi connectivity index (χ1n) is 8.92. The summed E-state index contributed by atoms with van der Waals surface area (Å²) in [5.41, 5.74) is 0. The van der Waals surface area contributed by atoms with Crippen LogP contribution in [0.1, 0.15) is 13.3 Å². The van der Waals surface area contributed by atoms with Crippen LogP contribution in [0.25, 0.3) is 0 Å². The van der Waals surface area contributed by atoms with E-state index in [1.807, 2.05) is 0 Å². The van der Waals surface area contributed by atoms with Crippen LogP contribution in [-0.4, -0.2) is 18.7 Å². The fraction of sp³-hybridized carbons (Fsp3) is 0.174. The van der Waals surface area contributed by atoms with E-state index >= 15 is 0 Å².